The van der Waals surface area contributed by atoms with Crippen LogP contribution in [-0.2, 0) is 9.59 Å². The van der Waals surface area contributed by atoms with Crippen molar-refractivity contribution in [1.29, 1.82) is 0 Å². The molecule has 4 nitrogen and oxygen atoms in total. The molecule has 0 aromatic heterocycles. The van der Waals surface area contributed by atoms with Gasteiger partial charge in [-0.25, -0.2) is 0 Å². The van der Waals surface area contributed by atoms with Crippen molar-refractivity contribution >= 4 is 33.5 Å². The van der Waals surface area contributed by atoms with Crippen molar-refractivity contribution in [3.63, 3.8) is 0 Å². The molecule has 5 heteroatoms. The van der Waals surface area contributed by atoms with Crippen molar-refractivity contribution in [3.05, 3.63) is 28.7 Å². The van der Waals surface area contributed by atoms with Gasteiger partial charge in [0.05, 0.1) is 5.69 Å². The summed E-state index contributed by atoms with van der Waals surface area (Å²) >= 11 is 3.31. The number of benzene rings is 1. The quantitative estimate of drug-likeness (QED) is 0.866. The third-order valence-electron chi connectivity index (χ3n) is 2.29. The number of carboxylic acid groups (broad SMARTS) is 1. The Labute approximate surface area is 102 Å². The van der Waals surface area contributed by atoms with E-state index in [0.29, 0.717) is 5.69 Å². The molecule has 1 aromatic carbocycles. The van der Waals surface area contributed by atoms with Gasteiger partial charge in [-0.2, -0.15) is 0 Å². The Morgan fingerprint density at radius 2 is 1.94 bits per heavy atom. The van der Waals surface area contributed by atoms with Gasteiger partial charge in [0.1, 0.15) is 5.92 Å². The molecule has 0 spiro atoms. The molecule has 0 aliphatic rings. The highest BCUT2D eigenvalue weighted by atomic mass is 79.9. The Hall–Kier alpha value is -1.36. The second kappa shape index (κ2) is 5.12. The van der Waals surface area contributed by atoms with Crippen LogP contribution in [0.15, 0.2) is 28.7 Å². The second-order valence-electron chi connectivity index (χ2n) is 3.41. The minimum atomic E-state index is -1.12. The van der Waals surface area contributed by atoms with E-state index in [4.69, 9.17) is 5.11 Å². The molecule has 1 atom stereocenters. The van der Waals surface area contributed by atoms with Gasteiger partial charge in [0.25, 0.3) is 0 Å². The lowest BCUT2D eigenvalue weighted by Gasteiger charge is -2.20. The summed E-state index contributed by atoms with van der Waals surface area (Å²) in [5, 5.41) is 8.76. The Kier molecular flexibility index (Phi) is 4.06. The van der Waals surface area contributed by atoms with Gasteiger partial charge >= 0.3 is 5.97 Å². The van der Waals surface area contributed by atoms with Crippen molar-refractivity contribution < 1.29 is 14.7 Å². The van der Waals surface area contributed by atoms with Crippen LogP contribution < -0.4 is 4.90 Å². The van der Waals surface area contributed by atoms with E-state index in [2.05, 4.69) is 15.9 Å². The van der Waals surface area contributed by atoms with E-state index in [1.54, 1.807) is 25.2 Å². The van der Waals surface area contributed by atoms with Crippen LogP contribution in [0.2, 0.25) is 0 Å². The molecule has 0 fully saturated rings. The van der Waals surface area contributed by atoms with Gasteiger partial charge in [0.2, 0.25) is 5.91 Å². The molecule has 0 saturated carbocycles. The highest BCUT2D eigenvalue weighted by Crippen LogP contribution is 2.25. The molecule has 0 bridgehead atoms. The number of rotatable bonds is 3. The van der Waals surface area contributed by atoms with Crippen LogP contribution in [0.3, 0.4) is 0 Å². The summed E-state index contributed by atoms with van der Waals surface area (Å²) in [5.74, 6) is -2.61. The van der Waals surface area contributed by atoms with Crippen LogP contribution in [-0.4, -0.2) is 24.0 Å². The Morgan fingerprint density at radius 3 is 2.44 bits per heavy atom. The molecule has 1 rings (SSSR count). The number of anilines is 1. The number of carboxylic acids is 1. The molecule has 1 amide bonds. The van der Waals surface area contributed by atoms with Crippen LogP contribution in [0.1, 0.15) is 6.92 Å². The van der Waals surface area contributed by atoms with Crippen LogP contribution in [0.5, 0.6) is 0 Å². The largest absolute Gasteiger partial charge is 0.481 e. The molecule has 0 aliphatic heterocycles. The lowest BCUT2D eigenvalue weighted by Crippen LogP contribution is -2.35. The summed E-state index contributed by atoms with van der Waals surface area (Å²) in [7, 11) is 1.56. The maximum atomic E-state index is 11.8. The smallest absolute Gasteiger partial charge is 0.315 e. The zero-order valence-corrected chi connectivity index (χ0v) is 10.6. The lowest BCUT2D eigenvalue weighted by atomic mass is 10.1. The van der Waals surface area contributed by atoms with Gasteiger partial charge in [-0.05, 0) is 35.0 Å². The van der Waals surface area contributed by atoms with Crippen LogP contribution in [0.25, 0.3) is 0 Å². The number of carbonyl (C=O) groups is 2. The normalized spacial score (nSPS) is 11.9. The van der Waals surface area contributed by atoms with Crippen LogP contribution in [0.4, 0.5) is 5.69 Å². The minimum Gasteiger partial charge on any atom is -0.481 e. The van der Waals surface area contributed by atoms with Gasteiger partial charge < -0.3 is 10.0 Å². The molecule has 16 heavy (non-hydrogen) atoms. The summed E-state index contributed by atoms with van der Waals surface area (Å²) in [6.07, 6.45) is 0. The lowest BCUT2D eigenvalue weighted by molar-refractivity contribution is -0.145. The molecule has 1 aromatic rings. The first-order valence-corrected chi connectivity index (χ1v) is 5.49. The van der Waals surface area contributed by atoms with E-state index in [-0.39, 0.29) is 0 Å². The summed E-state index contributed by atoms with van der Waals surface area (Å²) in [5.41, 5.74) is 0.653. The van der Waals surface area contributed by atoms with Crippen molar-refractivity contribution in [2.24, 2.45) is 5.92 Å². The van der Waals surface area contributed by atoms with Gasteiger partial charge in [-0.15, -0.1) is 0 Å². The first kappa shape index (κ1) is 12.7. The molecular weight excluding hydrogens is 274 g/mol. The van der Waals surface area contributed by atoms with Crippen molar-refractivity contribution in [3.8, 4) is 0 Å². The number of hydrogen-bond donors (Lipinski definition) is 1. The molecule has 0 radical (unpaired) electrons. The van der Waals surface area contributed by atoms with E-state index in [9.17, 15) is 9.59 Å². The minimum absolute atomic E-state index is 0.445. The van der Waals surface area contributed by atoms with E-state index in [0.717, 1.165) is 4.47 Å². The Bertz CT molecular complexity index is 419. The third-order valence-corrected chi connectivity index (χ3v) is 2.96. The number of halogens is 1. The zero-order valence-electron chi connectivity index (χ0n) is 8.98. The number of para-hydroxylation sites is 1. The summed E-state index contributed by atoms with van der Waals surface area (Å²) in [6.45, 7) is 1.37. The standard InChI is InChI=1S/C11H12BrNO3/c1-7(11(15)16)10(14)13(2)9-6-4-3-5-8(9)12/h3-7H,1-2H3,(H,15,16). The van der Waals surface area contributed by atoms with Gasteiger partial charge in [-0.3, -0.25) is 9.59 Å². The van der Waals surface area contributed by atoms with Gasteiger partial charge in [-0.1, -0.05) is 12.1 Å². The predicted octanol–water partition coefficient (Wildman–Crippen LogP) is 2.13. The third kappa shape index (κ3) is 2.61. The predicted molar refractivity (Wildman–Crippen MR) is 64.4 cm³/mol. The molecule has 1 N–H and O–H groups in total. The van der Waals surface area contributed by atoms with E-state index in [1.807, 2.05) is 6.07 Å². The van der Waals surface area contributed by atoms with Crippen molar-refractivity contribution in [1.82, 2.24) is 0 Å². The number of carbonyl (C=O) groups excluding carboxylic acids is 1. The fraction of sp³-hybridized carbons (Fsp3) is 0.273. The zero-order chi connectivity index (χ0) is 12.3. The number of nitrogens with zero attached hydrogens (tertiary/aromatic N) is 1. The van der Waals surface area contributed by atoms with Crippen molar-refractivity contribution in [2.45, 2.75) is 6.92 Å². The molecule has 0 heterocycles. The van der Waals surface area contributed by atoms with Gasteiger partial charge in [0.15, 0.2) is 0 Å². The highest BCUT2D eigenvalue weighted by molar-refractivity contribution is 9.10. The monoisotopic (exact) mass is 285 g/mol. The molecule has 86 valence electrons. The van der Waals surface area contributed by atoms with Gasteiger partial charge in [0, 0.05) is 11.5 Å². The second-order valence-corrected chi connectivity index (χ2v) is 4.26. The SMILES string of the molecule is CC(C(=O)O)C(=O)N(C)c1ccccc1Br. The molecular formula is C11H12BrNO3. The average Bonchev–Trinajstić information content (AvgIpc) is 2.26. The molecule has 1 unspecified atom stereocenters. The highest BCUT2D eigenvalue weighted by Gasteiger charge is 2.25. The summed E-state index contributed by atoms with van der Waals surface area (Å²) < 4.78 is 0.753. The van der Waals surface area contributed by atoms with Crippen LogP contribution in [0, 0.1) is 5.92 Å². The topological polar surface area (TPSA) is 57.6 Å². The van der Waals surface area contributed by atoms with E-state index < -0.39 is 17.8 Å². The first-order valence-electron chi connectivity index (χ1n) is 4.70. The molecule has 0 saturated heterocycles. The Balaban J connectivity index is 2.95. The van der Waals surface area contributed by atoms with E-state index >= 15 is 0 Å². The summed E-state index contributed by atoms with van der Waals surface area (Å²) in [4.78, 5) is 23.8. The average molecular weight is 286 g/mol. The maximum Gasteiger partial charge on any atom is 0.315 e. The number of hydrogen-bond acceptors (Lipinski definition) is 2. The fourth-order valence-electron chi connectivity index (χ4n) is 1.24. The number of aliphatic carboxylic acids is 1. The molecule has 0 aliphatic carbocycles. The van der Waals surface area contributed by atoms with Crippen LogP contribution >= 0.6 is 15.9 Å². The first-order chi connectivity index (χ1) is 7.45. The van der Waals surface area contributed by atoms with Crippen molar-refractivity contribution in [2.75, 3.05) is 11.9 Å². The Morgan fingerprint density at radius 1 is 1.38 bits per heavy atom. The van der Waals surface area contributed by atoms with E-state index in [1.165, 1.54) is 11.8 Å². The number of amides is 1. The summed E-state index contributed by atoms with van der Waals surface area (Å²) in [6, 6.07) is 7.16. The maximum absolute atomic E-state index is 11.8. The fourth-order valence-corrected chi connectivity index (χ4v) is 1.79.